The fourth-order valence-electron chi connectivity index (χ4n) is 9.29. The van der Waals surface area contributed by atoms with Gasteiger partial charge in [0, 0.05) is 21.9 Å². The molecule has 0 heterocycles. The highest BCUT2D eigenvalue weighted by Gasteiger charge is 2.29. The molecular formula is C66H40F2N4. The lowest BCUT2D eigenvalue weighted by molar-refractivity contribution is 0.629. The molecule has 0 unspecified atom stereocenters. The summed E-state index contributed by atoms with van der Waals surface area (Å²) in [6, 6.07) is 16.2. The van der Waals surface area contributed by atoms with Gasteiger partial charge in [-0.15, -0.1) is 0 Å². The average molecular weight is 947 g/mol. The Labute approximate surface area is 444 Å². The van der Waals surface area contributed by atoms with Gasteiger partial charge in [-0.3, -0.25) is 0 Å². The molecule has 6 heteroatoms. The summed E-state index contributed by atoms with van der Waals surface area (Å²) in [6.07, 6.45) is 0. The van der Waals surface area contributed by atoms with Gasteiger partial charge in [-0.25, -0.2) is 13.6 Å². The smallest absolute Gasteiger partial charge is 0.210 e. The van der Waals surface area contributed by atoms with Gasteiger partial charge in [-0.05, 0) is 110 Å². The molecule has 12 aromatic carbocycles. The second-order valence-corrected chi connectivity index (χ2v) is 16.2. The predicted molar refractivity (Wildman–Crippen MR) is 292 cm³/mol. The Bertz CT molecular complexity index is 4890. The minimum atomic E-state index is -1.21. The van der Waals surface area contributed by atoms with Crippen LogP contribution in [-0.2, 0) is 0 Å². The molecule has 0 radical (unpaired) electrons. The maximum atomic E-state index is 18.5. The van der Waals surface area contributed by atoms with E-state index in [1.165, 1.54) is 34.1 Å². The Morgan fingerprint density at radius 1 is 0.431 bits per heavy atom. The molecule has 0 aliphatic heterocycles. The van der Waals surface area contributed by atoms with Gasteiger partial charge in [0.1, 0.15) is 17.7 Å². The van der Waals surface area contributed by atoms with Crippen LogP contribution in [0.3, 0.4) is 0 Å². The third-order valence-electron chi connectivity index (χ3n) is 12.3. The molecule has 0 aliphatic carbocycles. The fraction of sp³-hybridized carbons (Fsp3) is 0. The Balaban J connectivity index is 1.20. The number of nitrogens with zero attached hydrogens (tertiary/aromatic N) is 4. The van der Waals surface area contributed by atoms with Crippen LogP contribution in [-0.4, -0.2) is 0 Å². The minimum Gasteiger partial charge on any atom is -0.317 e. The zero-order valence-electron chi connectivity index (χ0n) is 57.1. The molecule has 72 heavy (non-hydrogen) atoms. The van der Waals surface area contributed by atoms with E-state index in [2.05, 4.69) is 10.9 Å². The molecular weight excluding hydrogens is 887 g/mol. The quantitative estimate of drug-likeness (QED) is 0.101. The molecule has 0 amide bonds. The normalized spacial score (nSPS) is 15.1. The van der Waals surface area contributed by atoms with Crippen LogP contribution in [0.15, 0.2) is 242 Å². The minimum absolute atomic E-state index is 0.00145. The Hall–Kier alpha value is -9.88. The molecule has 4 nitrogen and oxygen atoms in total. The van der Waals surface area contributed by atoms with Gasteiger partial charge < -0.3 is 9.80 Å². The SMILES string of the molecule is [2H]c1c([2H])c([2H])c(-c2cc(F)c(N(c3ccccc3C#N)c3ccc4ccc5c(N(c6ccccc6[N+]#[C-])c6c(F)cc(-c7c([2H])c([2H])c([2H])c([2H])c7[2H])cc6-c6c([2H])c([2H])c([2H])c([2H])c6[2H])ccc6ccc3c4c65)c(-c3c([2H])c([2H])c([2H])c([2H])c3[2H])c2)c([2H])c1[2H]. The van der Waals surface area contributed by atoms with Crippen molar-refractivity contribution in [3.63, 3.8) is 0 Å². The third-order valence-corrected chi connectivity index (χ3v) is 12.3. The zero-order chi connectivity index (χ0) is 66.1. The van der Waals surface area contributed by atoms with E-state index < -0.39 is 177 Å². The summed E-state index contributed by atoms with van der Waals surface area (Å²) in [4.78, 5) is 6.44. The van der Waals surface area contributed by atoms with Crippen molar-refractivity contribution in [3.05, 3.63) is 271 Å². The second-order valence-electron chi connectivity index (χ2n) is 16.2. The van der Waals surface area contributed by atoms with Crippen molar-refractivity contribution < 1.29 is 36.2 Å². The first kappa shape index (κ1) is 26.8. The van der Waals surface area contributed by atoms with Gasteiger partial charge in [0.05, 0.1) is 73.7 Å². The highest BCUT2D eigenvalue weighted by atomic mass is 19.1. The topological polar surface area (TPSA) is 34.6 Å². The highest BCUT2D eigenvalue weighted by molar-refractivity contribution is 6.28. The molecule has 0 aromatic heterocycles. The number of rotatable bonds is 10. The Morgan fingerprint density at radius 2 is 0.833 bits per heavy atom. The van der Waals surface area contributed by atoms with Gasteiger partial charge >= 0.3 is 0 Å². The molecule has 0 fully saturated rings. The van der Waals surface area contributed by atoms with Crippen molar-refractivity contribution in [3.8, 4) is 50.6 Å². The molecule has 0 saturated heterocycles. The molecule has 0 N–H and O–H groups in total. The van der Waals surface area contributed by atoms with E-state index in [4.69, 9.17) is 28.5 Å². The first-order valence-corrected chi connectivity index (χ1v) is 22.0. The molecule has 0 atom stereocenters. The van der Waals surface area contributed by atoms with Crippen LogP contribution in [0.4, 0.5) is 48.6 Å². The lowest BCUT2D eigenvalue weighted by Crippen LogP contribution is -2.15. The van der Waals surface area contributed by atoms with Gasteiger partial charge in [-0.1, -0.05) is 188 Å². The van der Waals surface area contributed by atoms with Gasteiger partial charge in [0.15, 0.2) is 0 Å². The summed E-state index contributed by atoms with van der Waals surface area (Å²) < 4.78 is 212. The lowest BCUT2D eigenvalue weighted by atomic mass is 9.90. The standard InChI is InChI=1S/C66H40F2N4/c1-70-58-27-15-17-29-62(58)72(66-55(46-24-12-5-13-25-46)39-51(41-57(66)68)44-20-8-3-9-21-44)61-37-33-48-30-34-52-60(36-32-47-31-35-53(61)64(48)63(47)52)71(59-28-16-14-26-49(59)42-69)65-54(45-22-10-4-11-23-45)38-50(40-56(65)67)43-18-6-2-7-19-43/h2-41H/i2D,3D,4D,5D,6D,7D,8D,9D,10D,11D,12D,13D,18D,19D,20D,21D,22D,23D,24D,25D. The summed E-state index contributed by atoms with van der Waals surface area (Å²) in [5.74, 6) is -2.41. The molecule has 12 aromatic rings. The first-order chi connectivity index (χ1) is 43.8. The zero-order valence-corrected chi connectivity index (χ0v) is 37.1. The van der Waals surface area contributed by atoms with Gasteiger partial charge in [0.25, 0.3) is 0 Å². The number of anilines is 6. The lowest BCUT2D eigenvalue weighted by Gasteiger charge is -2.32. The van der Waals surface area contributed by atoms with Crippen LogP contribution in [0.2, 0.25) is 0 Å². The Kier molecular flexibility index (Phi) is 6.77. The molecule has 0 spiro atoms. The number of hydrogen-bond acceptors (Lipinski definition) is 3. The highest BCUT2D eigenvalue weighted by Crippen LogP contribution is 2.53. The molecule has 0 aliphatic rings. The summed E-state index contributed by atoms with van der Waals surface area (Å²) >= 11 is 0. The summed E-state index contributed by atoms with van der Waals surface area (Å²) in [5, 5.41) is 13.4. The monoisotopic (exact) mass is 946 g/mol. The van der Waals surface area contributed by atoms with Crippen molar-refractivity contribution in [2.75, 3.05) is 9.80 Å². The van der Waals surface area contributed by atoms with Crippen molar-refractivity contribution in [2.24, 2.45) is 0 Å². The van der Waals surface area contributed by atoms with Gasteiger partial charge in [0.2, 0.25) is 5.69 Å². The van der Waals surface area contributed by atoms with E-state index in [1.807, 2.05) is 0 Å². The molecule has 338 valence electrons. The third kappa shape index (κ3) is 7.43. The van der Waals surface area contributed by atoms with Crippen molar-refractivity contribution in [1.82, 2.24) is 0 Å². The number of para-hydroxylation sites is 3. The maximum Gasteiger partial charge on any atom is 0.210 e. The second kappa shape index (κ2) is 18.2. The summed E-state index contributed by atoms with van der Waals surface area (Å²) in [6.45, 7) is 8.42. The summed E-state index contributed by atoms with van der Waals surface area (Å²) in [5.41, 5.74) is -4.48. The van der Waals surface area contributed by atoms with E-state index in [0.717, 1.165) is 24.3 Å². The first-order valence-electron chi connectivity index (χ1n) is 32.0. The van der Waals surface area contributed by atoms with Crippen molar-refractivity contribution >= 4 is 72.1 Å². The van der Waals surface area contributed by atoms with E-state index in [0.29, 0.717) is 32.3 Å². The van der Waals surface area contributed by atoms with Crippen molar-refractivity contribution in [2.45, 2.75) is 0 Å². The van der Waals surface area contributed by atoms with E-state index in [9.17, 15) is 10.7 Å². The van der Waals surface area contributed by atoms with E-state index in [-0.39, 0.29) is 45.1 Å². The number of benzene rings is 12. The van der Waals surface area contributed by atoms with Gasteiger partial charge in [-0.2, -0.15) is 5.26 Å². The largest absolute Gasteiger partial charge is 0.317 e. The maximum absolute atomic E-state index is 18.5. The van der Waals surface area contributed by atoms with E-state index >= 15 is 8.78 Å². The van der Waals surface area contributed by atoms with Crippen molar-refractivity contribution in [1.29, 1.82) is 5.26 Å². The van der Waals surface area contributed by atoms with Crippen LogP contribution in [0.5, 0.6) is 0 Å². The Morgan fingerprint density at radius 3 is 1.29 bits per heavy atom. The van der Waals surface area contributed by atoms with Crippen LogP contribution in [0, 0.1) is 29.5 Å². The molecule has 0 saturated carbocycles. The average Bonchev–Trinajstić information content (AvgIpc) is 0.721. The van der Waals surface area contributed by atoms with E-state index in [1.54, 1.807) is 72.8 Å². The number of halogens is 2. The molecule has 0 bridgehead atoms. The molecule has 12 rings (SSSR count). The number of nitriles is 1. The van der Waals surface area contributed by atoms with Crippen LogP contribution in [0.1, 0.15) is 33.0 Å². The predicted octanol–water partition coefficient (Wildman–Crippen LogP) is 18.9. The summed E-state index contributed by atoms with van der Waals surface area (Å²) in [7, 11) is 0. The van der Waals surface area contributed by atoms with Crippen LogP contribution in [0.25, 0.3) is 81.7 Å². The fourth-order valence-corrected chi connectivity index (χ4v) is 9.29. The number of hydrogen-bond donors (Lipinski definition) is 0. The van der Waals surface area contributed by atoms with Crippen LogP contribution < -0.4 is 9.80 Å². The van der Waals surface area contributed by atoms with Crippen LogP contribution >= 0.6 is 0 Å².